The normalized spacial score (nSPS) is 10.9. The second-order valence-electron chi connectivity index (χ2n) is 7.23. The van der Waals surface area contributed by atoms with Gasteiger partial charge in [-0.1, -0.05) is 70.8 Å². The number of hydrogen-bond donors (Lipinski definition) is 1. The minimum absolute atomic E-state index is 0.155. The summed E-state index contributed by atoms with van der Waals surface area (Å²) in [7, 11) is 0. The first-order valence-electron chi connectivity index (χ1n) is 10.0. The van der Waals surface area contributed by atoms with E-state index in [2.05, 4.69) is 34.6 Å². The Morgan fingerprint density at radius 1 is 0.970 bits per heavy atom. The van der Waals surface area contributed by atoms with Crippen molar-refractivity contribution in [1.29, 1.82) is 0 Å². The SMILES string of the molecule is Cc1ccccc1CSc1nnc(CNC(=O)c2ccc(Cl)cc2)n1-c1cc(Cl)ccc1Cl. The average Bonchev–Trinajstić information content (AvgIpc) is 3.21. The van der Waals surface area contributed by atoms with E-state index in [4.69, 9.17) is 34.8 Å². The van der Waals surface area contributed by atoms with E-state index in [0.29, 0.717) is 43.1 Å². The van der Waals surface area contributed by atoms with Gasteiger partial charge in [-0.25, -0.2) is 0 Å². The summed E-state index contributed by atoms with van der Waals surface area (Å²) in [5, 5.41) is 13.8. The zero-order valence-corrected chi connectivity index (χ0v) is 20.6. The molecule has 0 aliphatic rings. The molecule has 1 aromatic heterocycles. The molecule has 33 heavy (non-hydrogen) atoms. The second-order valence-corrected chi connectivity index (χ2v) is 9.46. The van der Waals surface area contributed by atoms with Crippen molar-refractivity contribution in [2.45, 2.75) is 24.4 Å². The molecule has 0 saturated heterocycles. The highest BCUT2D eigenvalue weighted by molar-refractivity contribution is 7.98. The summed E-state index contributed by atoms with van der Waals surface area (Å²) >= 11 is 20.2. The standard InChI is InChI=1S/C24H19Cl3N4OS/c1-15-4-2-3-5-17(15)14-33-24-30-29-22(31(24)21-12-19(26)10-11-20(21)27)13-28-23(32)16-6-8-18(25)9-7-16/h2-12H,13-14H2,1H3,(H,28,32). The fourth-order valence-corrected chi connectivity index (χ4v) is 4.72. The first kappa shape index (κ1) is 23.6. The van der Waals surface area contributed by atoms with E-state index < -0.39 is 0 Å². The van der Waals surface area contributed by atoms with Gasteiger partial charge < -0.3 is 5.32 Å². The Labute approximate surface area is 211 Å². The van der Waals surface area contributed by atoms with Gasteiger partial charge in [-0.3, -0.25) is 9.36 Å². The molecule has 4 aromatic rings. The Morgan fingerprint density at radius 3 is 2.45 bits per heavy atom. The van der Waals surface area contributed by atoms with Gasteiger partial charge in [-0.2, -0.15) is 0 Å². The molecule has 0 spiro atoms. The van der Waals surface area contributed by atoms with E-state index in [1.54, 1.807) is 42.5 Å². The number of benzene rings is 3. The van der Waals surface area contributed by atoms with Gasteiger partial charge in [0.1, 0.15) is 0 Å². The van der Waals surface area contributed by atoms with Crippen molar-refractivity contribution in [3.63, 3.8) is 0 Å². The number of aromatic nitrogens is 3. The van der Waals surface area contributed by atoms with Gasteiger partial charge in [0, 0.05) is 21.4 Å². The number of carbonyl (C=O) groups is 1. The molecular weight excluding hydrogens is 499 g/mol. The van der Waals surface area contributed by atoms with E-state index in [1.165, 1.54) is 22.9 Å². The molecule has 3 aromatic carbocycles. The van der Waals surface area contributed by atoms with E-state index in [9.17, 15) is 4.79 Å². The number of carbonyl (C=O) groups excluding carboxylic acids is 1. The minimum atomic E-state index is -0.243. The molecule has 4 rings (SSSR count). The van der Waals surface area contributed by atoms with Crippen LogP contribution in [-0.4, -0.2) is 20.7 Å². The van der Waals surface area contributed by atoms with Gasteiger partial charge in [0.2, 0.25) is 0 Å². The van der Waals surface area contributed by atoms with E-state index in [-0.39, 0.29) is 12.5 Å². The van der Waals surface area contributed by atoms with E-state index in [0.717, 1.165) is 0 Å². The third-order valence-electron chi connectivity index (χ3n) is 4.98. The molecule has 9 heteroatoms. The summed E-state index contributed by atoms with van der Waals surface area (Å²) in [6.07, 6.45) is 0. The Bertz CT molecular complexity index is 1290. The molecule has 0 aliphatic heterocycles. The molecule has 0 fully saturated rings. The maximum absolute atomic E-state index is 12.6. The highest BCUT2D eigenvalue weighted by atomic mass is 35.5. The molecule has 168 valence electrons. The van der Waals surface area contributed by atoms with Crippen molar-refractivity contribution in [1.82, 2.24) is 20.1 Å². The molecule has 1 heterocycles. The van der Waals surface area contributed by atoms with Crippen LogP contribution in [0, 0.1) is 6.92 Å². The van der Waals surface area contributed by atoms with Crippen LogP contribution >= 0.6 is 46.6 Å². The van der Waals surface area contributed by atoms with Gasteiger partial charge in [-0.05, 0) is 60.5 Å². The summed E-state index contributed by atoms with van der Waals surface area (Å²) in [6.45, 7) is 2.23. The predicted octanol–water partition coefficient (Wildman–Crippen LogP) is 6.76. The third kappa shape index (κ3) is 5.71. The quantitative estimate of drug-likeness (QED) is 0.275. The smallest absolute Gasteiger partial charge is 0.251 e. The first-order valence-corrected chi connectivity index (χ1v) is 12.1. The minimum Gasteiger partial charge on any atom is -0.345 e. The number of rotatable bonds is 7. The lowest BCUT2D eigenvalue weighted by Gasteiger charge is -2.13. The Kier molecular flexibility index (Phi) is 7.60. The molecule has 1 N–H and O–H groups in total. The van der Waals surface area contributed by atoms with Crippen molar-refractivity contribution in [3.8, 4) is 5.69 Å². The van der Waals surface area contributed by atoms with Crippen molar-refractivity contribution < 1.29 is 4.79 Å². The monoisotopic (exact) mass is 516 g/mol. The molecule has 0 radical (unpaired) electrons. The largest absolute Gasteiger partial charge is 0.345 e. The molecule has 0 saturated carbocycles. The van der Waals surface area contributed by atoms with Crippen LogP contribution in [0.1, 0.15) is 27.3 Å². The highest BCUT2D eigenvalue weighted by Crippen LogP contribution is 2.31. The molecule has 0 unspecified atom stereocenters. The van der Waals surface area contributed by atoms with Crippen molar-refractivity contribution >= 4 is 52.5 Å². The van der Waals surface area contributed by atoms with E-state index >= 15 is 0 Å². The van der Waals surface area contributed by atoms with Crippen LogP contribution in [0.25, 0.3) is 5.69 Å². The zero-order valence-electron chi connectivity index (χ0n) is 17.6. The van der Waals surface area contributed by atoms with Crippen LogP contribution in [0.3, 0.4) is 0 Å². The summed E-state index contributed by atoms with van der Waals surface area (Å²) < 4.78 is 1.83. The zero-order chi connectivity index (χ0) is 23.4. The van der Waals surface area contributed by atoms with Crippen molar-refractivity contribution in [2.24, 2.45) is 0 Å². The summed E-state index contributed by atoms with van der Waals surface area (Å²) in [4.78, 5) is 12.6. The number of amides is 1. The van der Waals surface area contributed by atoms with Crippen LogP contribution in [0.4, 0.5) is 0 Å². The summed E-state index contributed by atoms with van der Waals surface area (Å²) in [5.41, 5.74) is 3.55. The molecule has 0 atom stereocenters. The lowest BCUT2D eigenvalue weighted by molar-refractivity contribution is 0.0949. The Morgan fingerprint density at radius 2 is 1.70 bits per heavy atom. The lowest BCUT2D eigenvalue weighted by Crippen LogP contribution is -2.24. The Hall–Kier alpha value is -2.51. The summed E-state index contributed by atoms with van der Waals surface area (Å²) in [6, 6.07) is 20.1. The fourth-order valence-electron chi connectivity index (χ4n) is 3.18. The van der Waals surface area contributed by atoms with Crippen LogP contribution in [0.15, 0.2) is 71.9 Å². The van der Waals surface area contributed by atoms with Gasteiger partial charge >= 0.3 is 0 Å². The number of thioether (sulfide) groups is 1. The van der Waals surface area contributed by atoms with Gasteiger partial charge in [0.25, 0.3) is 5.91 Å². The Balaban J connectivity index is 1.62. The molecule has 5 nitrogen and oxygen atoms in total. The molecular formula is C24H19Cl3N4OS. The van der Waals surface area contributed by atoms with Crippen molar-refractivity contribution in [3.05, 3.63) is 104 Å². The third-order valence-corrected chi connectivity index (χ3v) is 6.77. The maximum atomic E-state index is 12.6. The highest BCUT2D eigenvalue weighted by Gasteiger charge is 2.18. The van der Waals surface area contributed by atoms with E-state index in [1.807, 2.05) is 16.7 Å². The van der Waals surface area contributed by atoms with Crippen LogP contribution < -0.4 is 5.32 Å². The van der Waals surface area contributed by atoms with Gasteiger partial charge in [0.05, 0.1) is 17.3 Å². The maximum Gasteiger partial charge on any atom is 0.251 e. The number of nitrogens with one attached hydrogen (secondary N) is 1. The van der Waals surface area contributed by atoms with Gasteiger partial charge in [-0.15, -0.1) is 10.2 Å². The van der Waals surface area contributed by atoms with Crippen molar-refractivity contribution in [2.75, 3.05) is 0 Å². The molecule has 1 amide bonds. The average molecular weight is 518 g/mol. The summed E-state index contributed by atoms with van der Waals surface area (Å²) in [5.74, 6) is 1.00. The lowest BCUT2D eigenvalue weighted by atomic mass is 10.1. The van der Waals surface area contributed by atoms with Crippen LogP contribution in [0.2, 0.25) is 15.1 Å². The topological polar surface area (TPSA) is 59.8 Å². The van der Waals surface area contributed by atoms with Crippen LogP contribution in [0.5, 0.6) is 0 Å². The van der Waals surface area contributed by atoms with Crippen LogP contribution in [-0.2, 0) is 12.3 Å². The van der Waals surface area contributed by atoms with Gasteiger partial charge in [0.15, 0.2) is 11.0 Å². The number of nitrogens with zero attached hydrogens (tertiary/aromatic N) is 3. The molecule has 0 bridgehead atoms. The number of halogens is 3. The molecule has 0 aliphatic carbocycles. The first-order chi connectivity index (χ1) is 15.9. The number of hydrogen-bond acceptors (Lipinski definition) is 4. The number of aryl methyl sites for hydroxylation is 1. The predicted molar refractivity (Wildman–Crippen MR) is 135 cm³/mol. The fraction of sp³-hybridized carbons (Fsp3) is 0.125. The second kappa shape index (κ2) is 10.6.